The SMILES string of the molecule is COC(=O)Cc1ccc(C(=O)CCc2cccc(OP(=O)(O)Oc3cccc(CCC(=O)c4ccc(CC(=O)OC)cc4)c3)c2)cc1. The molecular weight excluding hydrogens is 623 g/mol. The maximum absolute atomic E-state index is 12.8. The average molecular weight is 659 g/mol. The van der Waals surface area contributed by atoms with Gasteiger partial charge in [0.05, 0.1) is 27.1 Å². The molecule has 10 nitrogen and oxygen atoms in total. The standard InChI is InChI=1S/C36H35O10P/c1-43-35(39)23-27-9-15-29(16-10-27)33(37)19-13-25-5-3-7-31(21-25)45-47(41,42)46-32-8-4-6-26(22-32)14-20-34(38)30-17-11-28(12-18-30)24-36(40)44-2/h3-12,15-18,21-22H,13-14,19-20,23-24H2,1-2H3,(H,41,42). The smallest absolute Gasteiger partial charge is 0.469 e. The summed E-state index contributed by atoms with van der Waals surface area (Å²) in [5.74, 6) is -0.695. The van der Waals surface area contributed by atoms with E-state index in [2.05, 4.69) is 9.47 Å². The Kier molecular flexibility index (Phi) is 12.2. The minimum absolute atomic E-state index is 0.0905. The lowest BCUT2D eigenvalue weighted by Gasteiger charge is -2.15. The molecule has 0 saturated carbocycles. The molecule has 0 aromatic heterocycles. The zero-order valence-corrected chi connectivity index (χ0v) is 26.9. The quantitative estimate of drug-likeness (QED) is 0.0827. The third-order valence-corrected chi connectivity index (χ3v) is 8.11. The molecule has 0 aliphatic rings. The van der Waals surface area contributed by atoms with Crippen LogP contribution in [-0.2, 0) is 49.3 Å². The fourth-order valence-electron chi connectivity index (χ4n) is 4.70. The summed E-state index contributed by atoms with van der Waals surface area (Å²) < 4.78 is 32.8. The van der Waals surface area contributed by atoms with Crippen molar-refractivity contribution in [3.8, 4) is 11.5 Å². The average Bonchev–Trinajstić information content (AvgIpc) is 3.06. The van der Waals surface area contributed by atoms with Crippen molar-refractivity contribution in [1.82, 2.24) is 0 Å². The summed E-state index contributed by atoms with van der Waals surface area (Å²) in [6, 6.07) is 26.6. The van der Waals surface area contributed by atoms with Crippen LogP contribution >= 0.6 is 7.82 Å². The fourth-order valence-corrected chi connectivity index (χ4v) is 5.50. The maximum Gasteiger partial charge on any atom is 0.584 e. The molecule has 0 amide bonds. The Balaban J connectivity index is 1.28. The van der Waals surface area contributed by atoms with Crippen molar-refractivity contribution in [2.45, 2.75) is 38.5 Å². The number of ether oxygens (including phenoxy) is 2. The molecule has 0 saturated heterocycles. The zero-order chi connectivity index (χ0) is 33.8. The number of rotatable bonds is 16. The summed E-state index contributed by atoms with van der Waals surface area (Å²) in [5.41, 5.74) is 3.96. The molecule has 0 aliphatic heterocycles. The Bertz CT molecular complexity index is 1640. The molecular formula is C36H35O10P. The molecule has 1 N–H and O–H groups in total. The molecule has 0 aliphatic carbocycles. The normalized spacial score (nSPS) is 11.0. The van der Waals surface area contributed by atoms with Gasteiger partial charge < -0.3 is 18.5 Å². The van der Waals surface area contributed by atoms with Gasteiger partial charge in [0.1, 0.15) is 11.5 Å². The minimum atomic E-state index is -4.58. The predicted octanol–water partition coefficient (Wildman–Crippen LogP) is 6.31. The summed E-state index contributed by atoms with van der Waals surface area (Å²) in [4.78, 5) is 58.7. The van der Waals surface area contributed by atoms with Gasteiger partial charge in [0.25, 0.3) is 0 Å². The van der Waals surface area contributed by atoms with Crippen LogP contribution in [0.25, 0.3) is 0 Å². The topological polar surface area (TPSA) is 142 Å². The maximum atomic E-state index is 12.8. The lowest BCUT2D eigenvalue weighted by Crippen LogP contribution is -2.06. The van der Waals surface area contributed by atoms with Crippen molar-refractivity contribution in [3.05, 3.63) is 130 Å². The van der Waals surface area contributed by atoms with Crippen molar-refractivity contribution in [1.29, 1.82) is 0 Å². The Morgan fingerprint density at radius 2 is 0.957 bits per heavy atom. The number of carbonyl (C=O) groups excluding carboxylic acids is 4. The number of aryl methyl sites for hydroxylation is 2. The van der Waals surface area contributed by atoms with E-state index in [0.717, 1.165) is 22.3 Å². The zero-order valence-electron chi connectivity index (χ0n) is 26.0. The lowest BCUT2D eigenvalue weighted by atomic mass is 10.0. The van der Waals surface area contributed by atoms with E-state index in [4.69, 9.17) is 9.05 Å². The number of esters is 2. The molecule has 4 aromatic rings. The van der Waals surface area contributed by atoms with Gasteiger partial charge in [-0.3, -0.25) is 24.1 Å². The van der Waals surface area contributed by atoms with Crippen molar-refractivity contribution < 1.29 is 47.2 Å². The molecule has 0 atom stereocenters. The van der Waals surface area contributed by atoms with Crippen LogP contribution in [0.1, 0.15) is 55.8 Å². The van der Waals surface area contributed by atoms with Crippen molar-refractivity contribution in [2.24, 2.45) is 0 Å². The lowest BCUT2D eigenvalue weighted by molar-refractivity contribution is -0.140. The number of hydrogen-bond donors (Lipinski definition) is 1. The van der Waals surface area contributed by atoms with E-state index in [0.29, 0.717) is 24.0 Å². The Labute approximate surface area is 272 Å². The van der Waals surface area contributed by atoms with E-state index in [-0.39, 0.29) is 60.7 Å². The van der Waals surface area contributed by atoms with Crippen LogP contribution in [0.5, 0.6) is 11.5 Å². The van der Waals surface area contributed by atoms with E-state index in [1.807, 2.05) is 0 Å². The molecule has 47 heavy (non-hydrogen) atoms. The number of carbonyl (C=O) groups is 4. The molecule has 0 unspecified atom stereocenters. The highest BCUT2D eigenvalue weighted by atomic mass is 31.2. The second kappa shape index (κ2) is 16.5. The number of phosphoric acid groups is 1. The van der Waals surface area contributed by atoms with Gasteiger partial charge in [0.2, 0.25) is 0 Å². The van der Waals surface area contributed by atoms with Gasteiger partial charge >= 0.3 is 19.8 Å². The Hall–Kier alpha value is -5.05. The highest BCUT2D eigenvalue weighted by molar-refractivity contribution is 7.48. The Morgan fingerprint density at radius 1 is 0.574 bits per heavy atom. The van der Waals surface area contributed by atoms with Crippen LogP contribution in [0.4, 0.5) is 0 Å². The third kappa shape index (κ3) is 11.1. The van der Waals surface area contributed by atoms with Gasteiger partial charge in [-0.2, -0.15) is 0 Å². The largest absolute Gasteiger partial charge is 0.584 e. The molecule has 0 bridgehead atoms. The second-order valence-corrected chi connectivity index (χ2v) is 12.0. The number of phosphoric ester groups is 1. The van der Waals surface area contributed by atoms with Gasteiger partial charge in [-0.05, 0) is 59.4 Å². The monoisotopic (exact) mass is 658 g/mol. The summed E-state index contributed by atoms with van der Waals surface area (Å²) in [6.45, 7) is 0. The summed E-state index contributed by atoms with van der Waals surface area (Å²) >= 11 is 0. The minimum Gasteiger partial charge on any atom is -0.469 e. The number of hydrogen-bond acceptors (Lipinski definition) is 9. The van der Waals surface area contributed by atoms with Gasteiger partial charge in [0, 0.05) is 24.0 Å². The van der Waals surface area contributed by atoms with E-state index < -0.39 is 7.82 Å². The Morgan fingerprint density at radius 3 is 1.32 bits per heavy atom. The number of methoxy groups -OCH3 is 2. The second-order valence-electron chi connectivity index (χ2n) is 10.7. The molecule has 0 spiro atoms. The van der Waals surface area contributed by atoms with E-state index in [1.54, 1.807) is 84.9 Å². The number of Topliss-reactive ketones (excluding diaryl/α,β-unsaturated/α-hetero) is 2. The van der Waals surface area contributed by atoms with Crippen LogP contribution < -0.4 is 9.05 Å². The molecule has 4 rings (SSSR count). The molecule has 0 heterocycles. The van der Waals surface area contributed by atoms with Crippen LogP contribution in [-0.4, -0.2) is 42.6 Å². The summed E-state index contributed by atoms with van der Waals surface area (Å²) in [5, 5.41) is 0. The first-order valence-corrected chi connectivity index (χ1v) is 16.3. The van der Waals surface area contributed by atoms with Crippen LogP contribution in [0.2, 0.25) is 0 Å². The molecule has 244 valence electrons. The first-order chi connectivity index (χ1) is 22.5. The third-order valence-electron chi connectivity index (χ3n) is 7.22. The number of ketones is 2. The van der Waals surface area contributed by atoms with Gasteiger partial charge in [0.15, 0.2) is 11.6 Å². The van der Waals surface area contributed by atoms with E-state index in [1.165, 1.54) is 26.4 Å². The van der Waals surface area contributed by atoms with Gasteiger partial charge in [-0.1, -0.05) is 72.8 Å². The first-order valence-electron chi connectivity index (χ1n) is 14.8. The highest BCUT2D eigenvalue weighted by Crippen LogP contribution is 2.44. The van der Waals surface area contributed by atoms with Crippen molar-refractivity contribution in [2.75, 3.05) is 14.2 Å². The molecule has 0 radical (unpaired) electrons. The first kappa shape index (κ1) is 34.8. The van der Waals surface area contributed by atoms with Crippen LogP contribution in [0, 0.1) is 0 Å². The van der Waals surface area contributed by atoms with Crippen LogP contribution in [0.15, 0.2) is 97.1 Å². The van der Waals surface area contributed by atoms with Crippen molar-refractivity contribution in [3.63, 3.8) is 0 Å². The molecule has 11 heteroatoms. The molecule has 0 fully saturated rings. The molecule has 4 aromatic carbocycles. The van der Waals surface area contributed by atoms with Crippen LogP contribution in [0.3, 0.4) is 0 Å². The number of benzene rings is 4. The fraction of sp³-hybridized carbons (Fsp3) is 0.222. The van der Waals surface area contributed by atoms with E-state index >= 15 is 0 Å². The van der Waals surface area contributed by atoms with Gasteiger partial charge in [-0.25, -0.2) is 4.57 Å². The summed E-state index contributed by atoms with van der Waals surface area (Å²) in [7, 11) is -1.94. The van der Waals surface area contributed by atoms with Crippen molar-refractivity contribution >= 4 is 31.3 Å². The summed E-state index contributed by atoms with van der Waals surface area (Å²) in [6.07, 6.45) is 1.39. The van der Waals surface area contributed by atoms with Gasteiger partial charge in [-0.15, -0.1) is 0 Å². The highest BCUT2D eigenvalue weighted by Gasteiger charge is 2.25. The van der Waals surface area contributed by atoms with E-state index in [9.17, 15) is 28.6 Å². The predicted molar refractivity (Wildman–Crippen MR) is 174 cm³/mol.